The topological polar surface area (TPSA) is 77.3 Å². The van der Waals surface area contributed by atoms with Gasteiger partial charge in [0.2, 0.25) is 12.2 Å². The van der Waals surface area contributed by atoms with Gasteiger partial charge in [0, 0.05) is 0 Å². The van der Waals surface area contributed by atoms with Crippen molar-refractivity contribution in [1.29, 1.82) is 0 Å². The smallest absolute Gasteiger partial charge is 0.237 e. The highest BCUT2D eigenvalue weighted by molar-refractivity contribution is 5.32. The van der Waals surface area contributed by atoms with Gasteiger partial charge < -0.3 is 9.47 Å². The number of ether oxygens (including phenoxy) is 2. The van der Waals surface area contributed by atoms with Crippen LogP contribution >= 0.6 is 0 Å². The summed E-state index contributed by atoms with van der Waals surface area (Å²) < 4.78 is 9.52. The van der Waals surface area contributed by atoms with Crippen LogP contribution in [0.1, 0.15) is 0 Å². The summed E-state index contributed by atoms with van der Waals surface area (Å²) >= 11 is 0. The van der Waals surface area contributed by atoms with Gasteiger partial charge >= 0.3 is 0 Å². The first-order chi connectivity index (χ1) is 5.91. The van der Waals surface area contributed by atoms with E-state index in [1.165, 1.54) is 12.2 Å². The van der Waals surface area contributed by atoms with Crippen LogP contribution in [-0.2, 0) is 19.1 Å². The van der Waals surface area contributed by atoms with Crippen LogP contribution in [0.5, 0.6) is 0 Å². The largest absolute Gasteiger partial charge is 0.356 e. The van der Waals surface area contributed by atoms with Crippen molar-refractivity contribution in [1.82, 2.24) is 0 Å². The maximum Gasteiger partial charge on any atom is 0.237 e. The quantitative estimate of drug-likeness (QED) is 0.297. The molecule has 0 amide bonds. The Morgan fingerprint density at radius 2 is 1.33 bits per heavy atom. The van der Waals surface area contributed by atoms with Crippen molar-refractivity contribution in [2.45, 2.75) is 0 Å². The third kappa shape index (κ3) is 8.68. The highest BCUT2D eigenvalue weighted by Gasteiger charge is 1.85. The summed E-state index contributed by atoms with van der Waals surface area (Å²) in [7, 11) is 0. The van der Waals surface area contributed by atoms with Gasteiger partial charge in [-0.3, -0.25) is 0 Å². The lowest BCUT2D eigenvalue weighted by Gasteiger charge is -1.98. The fraction of sp³-hybridized carbons (Fsp3) is 0.667. The summed E-state index contributed by atoms with van der Waals surface area (Å²) in [5, 5.41) is 0. The molecule has 0 atom stereocenters. The van der Waals surface area contributed by atoms with Crippen molar-refractivity contribution in [2.75, 3.05) is 26.7 Å². The zero-order chi connectivity index (χ0) is 9.07. The third-order valence-electron chi connectivity index (χ3n) is 0.813. The van der Waals surface area contributed by atoms with Gasteiger partial charge in [-0.2, -0.15) is 9.98 Å². The minimum absolute atomic E-state index is 0.0240. The van der Waals surface area contributed by atoms with E-state index in [4.69, 9.17) is 9.47 Å². The van der Waals surface area contributed by atoms with Gasteiger partial charge in [-0.1, -0.05) is 0 Å². The third-order valence-corrected chi connectivity index (χ3v) is 0.813. The molecule has 0 unspecified atom stereocenters. The first-order valence-corrected chi connectivity index (χ1v) is 3.14. The molecule has 0 aliphatic rings. The van der Waals surface area contributed by atoms with Crippen LogP contribution in [0.3, 0.4) is 0 Å². The van der Waals surface area contributed by atoms with E-state index < -0.39 is 0 Å². The van der Waals surface area contributed by atoms with Gasteiger partial charge in [0.05, 0.1) is 13.2 Å². The number of aliphatic imine (C=N–C) groups is 2. The number of hydrogen-bond donors (Lipinski definition) is 0. The van der Waals surface area contributed by atoms with E-state index >= 15 is 0 Å². The summed E-state index contributed by atoms with van der Waals surface area (Å²) in [5.41, 5.74) is 0. The summed E-state index contributed by atoms with van der Waals surface area (Å²) in [6, 6.07) is 0. The normalized spacial score (nSPS) is 8.33. The Balaban J connectivity index is 3.00. The number of isocyanates is 2. The van der Waals surface area contributed by atoms with Gasteiger partial charge in [0.15, 0.2) is 0 Å². The van der Waals surface area contributed by atoms with Crippen molar-refractivity contribution in [2.24, 2.45) is 9.98 Å². The number of hydrogen-bond acceptors (Lipinski definition) is 6. The molecule has 0 aliphatic heterocycles. The zero-order valence-corrected chi connectivity index (χ0v) is 6.36. The van der Waals surface area contributed by atoms with E-state index in [0.29, 0.717) is 13.2 Å². The molecule has 66 valence electrons. The standard InChI is InChI=1S/C6H8N2O4/c9-3-7-5-11-1-2-12-6-8-4-10/h1-2,5-6H2. The molecule has 0 aromatic rings. The molecule has 0 aromatic carbocycles. The van der Waals surface area contributed by atoms with Gasteiger partial charge in [-0.25, -0.2) is 9.59 Å². The van der Waals surface area contributed by atoms with Crippen LogP contribution in [0.2, 0.25) is 0 Å². The molecule has 6 heteroatoms. The van der Waals surface area contributed by atoms with Crippen molar-refractivity contribution in [3.05, 3.63) is 0 Å². The lowest BCUT2D eigenvalue weighted by Crippen LogP contribution is -2.04. The van der Waals surface area contributed by atoms with E-state index in [-0.39, 0.29) is 13.5 Å². The first-order valence-electron chi connectivity index (χ1n) is 3.14. The van der Waals surface area contributed by atoms with Crippen LogP contribution in [0.4, 0.5) is 0 Å². The fourth-order valence-corrected chi connectivity index (χ4v) is 0.391. The van der Waals surface area contributed by atoms with Gasteiger partial charge in [-0.15, -0.1) is 0 Å². The summed E-state index contributed by atoms with van der Waals surface area (Å²) in [5.74, 6) is 0. The molecule has 0 spiro atoms. The predicted molar refractivity (Wildman–Crippen MR) is 37.9 cm³/mol. The van der Waals surface area contributed by atoms with Crippen LogP contribution in [-0.4, -0.2) is 38.8 Å². The van der Waals surface area contributed by atoms with E-state index in [9.17, 15) is 9.59 Å². The number of carbonyl (C=O) groups excluding carboxylic acids is 2. The molecule has 0 rings (SSSR count). The fourth-order valence-electron chi connectivity index (χ4n) is 0.391. The Morgan fingerprint density at radius 3 is 1.67 bits per heavy atom. The molecule has 0 heterocycles. The lowest BCUT2D eigenvalue weighted by atomic mass is 10.8. The Hall–Kier alpha value is -1.32. The molecule has 0 aliphatic carbocycles. The highest BCUT2D eigenvalue weighted by Crippen LogP contribution is 1.78. The monoisotopic (exact) mass is 172 g/mol. The SMILES string of the molecule is O=C=NCOCCOCN=C=O. The molecule has 0 aromatic heterocycles. The molecule has 0 saturated heterocycles. The molecule has 0 saturated carbocycles. The molecular weight excluding hydrogens is 164 g/mol. The second-order valence-corrected chi connectivity index (χ2v) is 1.57. The van der Waals surface area contributed by atoms with E-state index in [0.717, 1.165) is 0 Å². The Morgan fingerprint density at radius 1 is 0.917 bits per heavy atom. The Labute approximate surface area is 68.9 Å². The minimum atomic E-state index is -0.0240. The molecule has 0 fully saturated rings. The number of rotatable bonds is 7. The molecule has 12 heavy (non-hydrogen) atoms. The predicted octanol–water partition coefficient (Wildman–Crippen LogP) is -0.394. The second-order valence-electron chi connectivity index (χ2n) is 1.57. The minimum Gasteiger partial charge on any atom is -0.356 e. The van der Waals surface area contributed by atoms with Crippen molar-refractivity contribution < 1.29 is 19.1 Å². The van der Waals surface area contributed by atoms with Crippen molar-refractivity contribution in [3.8, 4) is 0 Å². The summed E-state index contributed by atoms with van der Waals surface area (Å²) in [6.07, 6.45) is 2.64. The summed E-state index contributed by atoms with van der Waals surface area (Å²) in [6.45, 7) is 0.534. The Bertz CT molecular complexity index is 172. The highest BCUT2D eigenvalue weighted by atomic mass is 16.5. The average molecular weight is 172 g/mol. The Kier molecular flexibility index (Phi) is 8.62. The molecule has 0 bridgehead atoms. The average Bonchev–Trinajstić information content (AvgIpc) is 2.10. The molecular formula is C6H8N2O4. The van der Waals surface area contributed by atoms with Crippen LogP contribution in [0, 0.1) is 0 Å². The maximum absolute atomic E-state index is 9.52. The van der Waals surface area contributed by atoms with Crippen LogP contribution in [0.25, 0.3) is 0 Å². The second kappa shape index (κ2) is 9.68. The van der Waals surface area contributed by atoms with Crippen molar-refractivity contribution in [3.63, 3.8) is 0 Å². The first kappa shape index (κ1) is 10.7. The zero-order valence-electron chi connectivity index (χ0n) is 6.36. The molecule has 0 N–H and O–H groups in total. The van der Waals surface area contributed by atoms with E-state index in [2.05, 4.69) is 9.98 Å². The van der Waals surface area contributed by atoms with Gasteiger partial charge in [0.25, 0.3) is 0 Å². The maximum atomic E-state index is 9.52. The lowest BCUT2D eigenvalue weighted by molar-refractivity contribution is 0.0540. The number of nitrogens with zero attached hydrogens (tertiary/aromatic N) is 2. The van der Waals surface area contributed by atoms with Crippen molar-refractivity contribution >= 4 is 12.2 Å². The molecule has 0 radical (unpaired) electrons. The van der Waals surface area contributed by atoms with Gasteiger partial charge in [0.1, 0.15) is 13.5 Å². The van der Waals surface area contributed by atoms with E-state index in [1.54, 1.807) is 0 Å². The van der Waals surface area contributed by atoms with Crippen LogP contribution in [0.15, 0.2) is 9.98 Å². The molecule has 6 nitrogen and oxygen atoms in total. The van der Waals surface area contributed by atoms with Gasteiger partial charge in [-0.05, 0) is 0 Å². The van der Waals surface area contributed by atoms with E-state index in [1.807, 2.05) is 0 Å². The summed E-state index contributed by atoms with van der Waals surface area (Å²) in [4.78, 5) is 25.3. The van der Waals surface area contributed by atoms with Crippen LogP contribution < -0.4 is 0 Å².